The van der Waals surface area contributed by atoms with Gasteiger partial charge in [0.25, 0.3) is 0 Å². The molecule has 0 atom stereocenters. The molecule has 3 nitrogen and oxygen atoms in total. The maximum absolute atomic E-state index is 8.85. The molecule has 0 amide bonds. The van der Waals surface area contributed by atoms with Crippen molar-refractivity contribution in [1.82, 2.24) is 0 Å². The number of anilines is 2. The minimum absolute atomic E-state index is 0.647. The van der Waals surface area contributed by atoms with Crippen LogP contribution in [0.15, 0.2) is 18.2 Å². The molecule has 0 saturated carbocycles. The molecule has 1 aromatic rings. The quantitative estimate of drug-likeness (QED) is 0.544. The molecule has 0 aliphatic carbocycles. The number of nitrogens with one attached hydrogen (secondary N) is 1. The average molecular weight is 259 g/mol. The van der Waals surface area contributed by atoms with Crippen molar-refractivity contribution in [2.45, 2.75) is 46.0 Å². The first kappa shape index (κ1) is 15.4. The number of nitrogens with two attached hydrogens (primary N) is 1. The van der Waals surface area contributed by atoms with Gasteiger partial charge in [-0.05, 0) is 30.5 Å². The lowest BCUT2D eigenvalue weighted by atomic mass is 10.0. The first-order valence-corrected chi connectivity index (χ1v) is 7.17. The highest BCUT2D eigenvalue weighted by molar-refractivity contribution is 5.68. The van der Waals surface area contributed by atoms with Gasteiger partial charge in [0.05, 0.1) is 23.0 Å². The minimum Gasteiger partial charge on any atom is -0.397 e. The van der Waals surface area contributed by atoms with Crippen molar-refractivity contribution < 1.29 is 0 Å². The Morgan fingerprint density at radius 2 is 1.95 bits per heavy atom. The minimum atomic E-state index is 0.647. The number of hydrogen-bond acceptors (Lipinski definition) is 3. The van der Waals surface area contributed by atoms with Gasteiger partial charge in [0.15, 0.2) is 0 Å². The van der Waals surface area contributed by atoms with Crippen LogP contribution in [-0.2, 0) is 0 Å². The lowest BCUT2D eigenvalue weighted by Gasteiger charge is -2.09. The number of unbranched alkanes of at least 4 members (excludes halogenated alkanes) is 3. The number of benzene rings is 1. The fourth-order valence-electron chi connectivity index (χ4n) is 2.03. The van der Waals surface area contributed by atoms with Gasteiger partial charge < -0.3 is 11.1 Å². The van der Waals surface area contributed by atoms with E-state index >= 15 is 0 Å². The molecule has 19 heavy (non-hydrogen) atoms. The van der Waals surface area contributed by atoms with Crippen LogP contribution in [0.3, 0.4) is 0 Å². The molecular formula is C16H25N3. The Kier molecular flexibility index (Phi) is 6.81. The fourth-order valence-corrected chi connectivity index (χ4v) is 2.03. The predicted molar refractivity (Wildman–Crippen MR) is 82.0 cm³/mol. The van der Waals surface area contributed by atoms with Gasteiger partial charge in [0, 0.05) is 6.54 Å². The summed E-state index contributed by atoms with van der Waals surface area (Å²) in [7, 11) is 0. The lowest BCUT2D eigenvalue weighted by Crippen LogP contribution is -2.04. The number of nitrogens with zero attached hydrogens (tertiary/aromatic N) is 1. The molecule has 3 heteroatoms. The first-order valence-electron chi connectivity index (χ1n) is 7.17. The van der Waals surface area contributed by atoms with Gasteiger partial charge in [-0.2, -0.15) is 5.26 Å². The molecule has 104 valence electrons. The molecule has 0 unspecified atom stereocenters. The Hall–Kier alpha value is -1.69. The Labute approximate surface area is 116 Å². The van der Waals surface area contributed by atoms with Gasteiger partial charge in [-0.25, -0.2) is 0 Å². The van der Waals surface area contributed by atoms with Crippen LogP contribution in [0.4, 0.5) is 11.4 Å². The Morgan fingerprint density at radius 1 is 1.21 bits per heavy atom. The van der Waals surface area contributed by atoms with E-state index in [9.17, 15) is 0 Å². The van der Waals surface area contributed by atoms with Gasteiger partial charge in [0.1, 0.15) is 0 Å². The van der Waals surface area contributed by atoms with Crippen LogP contribution >= 0.6 is 0 Å². The van der Waals surface area contributed by atoms with E-state index in [1.807, 2.05) is 6.07 Å². The molecule has 1 aromatic carbocycles. The maximum Gasteiger partial charge on any atom is 0.0992 e. The molecule has 0 aromatic heterocycles. The van der Waals surface area contributed by atoms with Crippen LogP contribution in [-0.4, -0.2) is 6.54 Å². The van der Waals surface area contributed by atoms with Crippen molar-refractivity contribution in [3.63, 3.8) is 0 Å². The Bertz CT molecular complexity index is 418. The summed E-state index contributed by atoms with van der Waals surface area (Å²) in [4.78, 5) is 0. The SMILES string of the molecule is CC(C)CCCCCCNc1cc(C#N)ccc1N. The number of nitriles is 1. The fraction of sp³-hybridized carbons (Fsp3) is 0.562. The van der Waals surface area contributed by atoms with E-state index in [-0.39, 0.29) is 0 Å². The Morgan fingerprint density at radius 3 is 2.63 bits per heavy atom. The van der Waals surface area contributed by atoms with Crippen LogP contribution < -0.4 is 11.1 Å². The largest absolute Gasteiger partial charge is 0.397 e. The molecule has 3 N–H and O–H groups in total. The molecule has 0 spiro atoms. The monoisotopic (exact) mass is 259 g/mol. The third kappa shape index (κ3) is 6.15. The highest BCUT2D eigenvalue weighted by atomic mass is 14.9. The third-order valence-electron chi connectivity index (χ3n) is 3.21. The summed E-state index contributed by atoms with van der Waals surface area (Å²) >= 11 is 0. The van der Waals surface area contributed by atoms with Crippen molar-refractivity contribution in [2.75, 3.05) is 17.6 Å². The summed E-state index contributed by atoms with van der Waals surface area (Å²) in [6.07, 6.45) is 6.34. The second-order valence-corrected chi connectivity index (χ2v) is 5.44. The van der Waals surface area contributed by atoms with E-state index < -0.39 is 0 Å². The van der Waals surface area contributed by atoms with Crippen LogP contribution in [0, 0.1) is 17.2 Å². The molecule has 0 saturated heterocycles. The van der Waals surface area contributed by atoms with Crippen molar-refractivity contribution in [3.05, 3.63) is 23.8 Å². The summed E-state index contributed by atoms with van der Waals surface area (Å²) in [6, 6.07) is 7.47. The molecule has 0 fully saturated rings. The molecule has 0 heterocycles. The molecule has 0 radical (unpaired) electrons. The van der Waals surface area contributed by atoms with Crippen LogP contribution in [0.5, 0.6) is 0 Å². The van der Waals surface area contributed by atoms with Gasteiger partial charge in [-0.15, -0.1) is 0 Å². The topological polar surface area (TPSA) is 61.8 Å². The maximum atomic E-state index is 8.85. The van der Waals surface area contributed by atoms with Crippen molar-refractivity contribution in [3.8, 4) is 6.07 Å². The number of nitrogen functional groups attached to an aromatic ring is 1. The number of rotatable bonds is 8. The standard InChI is InChI=1S/C16H25N3/c1-13(2)7-5-3-4-6-10-19-16-11-14(12-17)8-9-15(16)18/h8-9,11,13,19H,3-7,10,18H2,1-2H3. The summed E-state index contributed by atoms with van der Waals surface area (Å²) in [5, 5.41) is 12.2. The van der Waals surface area contributed by atoms with Gasteiger partial charge in [0.2, 0.25) is 0 Å². The van der Waals surface area contributed by atoms with Gasteiger partial charge >= 0.3 is 0 Å². The second kappa shape index (κ2) is 8.42. The summed E-state index contributed by atoms with van der Waals surface area (Å²) in [6.45, 7) is 5.46. The van der Waals surface area contributed by atoms with Gasteiger partial charge in [-0.3, -0.25) is 0 Å². The summed E-state index contributed by atoms with van der Waals surface area (Å²) in [5.74, 6) is 0.812. The normalized spacial score (nSPS) is 10.4. The van der Waals surface area contributed by atoms with E-state index in [2.05, 4.69) is 25.2 Å². The van der Waals surface area contributed by atoms with Crippen molar-refractivity contribution in [2.24, 2.45) is 5.92 Å². The zero-order valence-corrected chi connectivity index (χ0v) is 12.1. The predicted octanol–water partition coefficient (Wildman–Crippen LogP) is 4.16. The lowest BCUT2D eigenvalue weighted by molar-refractivity contribution is 0.523. The van der Waals surface area contributed by atoms with E-state index in [0.29, 0.717) is 11.3 Å². The second-order valence-electron chi connectivity index (χ2n) is 5.44. The van der Waals surface area contributed by atoms with E-state index in [4.69, 9.17) is 11.0 Å². The zero-order valence-electron chi connectivity index (χ0n) is 12.1. The summed E-state index contributed by atoms with van der Waals surface area (Å²) in [5.41, 5.74) is 8.10. The molecular weight excluding hydrogens is 234 g/mol. The molecule has 0 aliphatic rings. The van der Waals surface area contributed by atoms with Crippen molar-refractivity contribution in [1.29, 1.82) is 5.26 Å². The zero-order chi connectivity index (χ0) is 14.1. The molecule has 0 aliphatic heterocycles. The van der Waals surface area contributed by atoms with E-state index in [1.54, 1.807) is 12.1 Å². The van der Waals surface area contributed by atoms with Crippen LogP contribution in [0.2, 0.25) is 0 Å². The van der Waals surface area contributed by atoms with E-state index in [1.165, 1.54) is 25.7 Å². The van der Waals surface area contributed by atoms with Crippen molar-refractivity contribution >= 4 is 11.4 Å². The van der Waals surface area contributed by atoms with Gasteiger partial charge in [-0.1, -0.05) is 39.5 Å². The molecule has 1 rings (SSSR count). The molecule has 0 bridgehead atoms. The number of hydrogen-bond donors (Lipinski definition) is 2. The van der Waals surface area contributed by atoms with Crippen LogP contribution in [0.1, 0.15) is 51.5 Å². The Balaban J connectivity index is 2.21. The smallest absolute Gasteiger partial charge is 0.0992 e. The van der Waals surface area contributed by atoms with Crippen LogP contribution in [0.25, 0.3) is 0 Å². The summed E-state index contributed by atoms with van der Waals surface area (Å²) < 4.78 is 0. The first-order chi connectivity index (χ1) is 9.13. The average Bonchev–Trinajstić information content (AvgIpc) is 2.39. The third-order valence-corrected chi connectivity index (χ3v) is 3.21. The highest BCUT2D eigenvalue weighted by Crippen LogP contribution is 2.19. The van der Waals surface area contributed by atoms with E-state index in [0.717, 1.165) is 24.6 Å². The highest BCUT2D eigenvalue weighted by Gasteiger charge is 2.00.